The first-order valence-corrected chi connectivity index (χ1v) is 3.76. The summed E-state index contributed by atoms with van der Waals surface area (Å²) >= 11 is 0. The molecule has 0 aromatic rings. The molecule has 3 heteroatoms. The van der Waals surface area contributed by atoms with Gasteiger partial charge in [-0.15, -0.1) is 0 Å². The highest BCUT2D eigenvalue weighted by Crippen LogP contribution is 2.34. The average molecular weight is 164 g/mol. The van der Waals surface area contributed by atoms with Crippen LogP contribution in [-0.4, -0.2) is 6.18 Å². The van der Waals surface area contributed by atoms with Crippen LogP contribution in [0.1, 0.15) is 26.2 Å². The van der Waals surface area contributed by atoms with Gasteiger partial charge in [-0.25, -0.2) is 0 Å². The third-order valence-corrected chi connectivity index (χ3v) is 2.04. The van der Waals surface area contributed by atoms with Gasteiger partial charge >= 0.3 is 6.18 Å². The molecule has 0 spiro atoms. The van der Waals surface area contributed by atoms with Crippen molar-refractivity contribution in [3.8, 4) is 0 Å². The fourth-order valence-electron chi connectivity index (χ4n) is 1.22. The fourth-order valence-corrected chi connectivity index (χ4v) is 1.22. The summed E-state index contributed by atoms with van der Waals surface area (Å²) in [6.45, 7) is 1.98. The molecule has 0 aromatic heterocycles. The molecule has 0 fully saturated rings. The third-order valence-electron chi connectivity index (χ3n) is 2.04. The molecule has 0 aliphatic heterocycles. The molecule has 64 valence electrons. The molecule has 0 bridgehead atoms. The van der Waals surface area contributed by atoms with E-state index in [9.17, 15) is 13.2 Å². The zero-order valence-corrected chi connectivity index (χ0v) is 6.41. The zero-order valence-electron chi connectivity index (χ0n) is 6.41. The second kappa shape index (κ2) is 2.88. The van der Waals surface area contributed by atoms with E-state index in [4.69, 9.17) is 0 Å². The highest BCUT2D eigenvalue weighted by molar-refractivity contribution is 5.11. The van der Waals surface area contributed by atoms with E-state index in [1.807, 2.05) is 6.92 Å². The van der Waals surface area contributed by atoms with Crippen molar-refractivity contribution in [3.05, 3.63) is 11.6 Å². The molecule has 1 aliphatic rings. The first kappa shape index (κ1) is 8.62. The van der Waals surface area contributed by atoms with Crippen molar-refractivity contribution >= 4 is 0 Å². The van der Waals surface area contributed by atoms with E-state index in [1.165, 1.54) is 6.08 Å². The summed E-state index contributed by atoms with van der Waals surface area (Å²) in [5.74, 6) is 0.418. The summed E-state index contributed by atoms with van der Waals surface area (Å²) in [6.07, 6.45) is -1.31. The second-order valence-electron chi connectivity index (χ2n) is 3.11. The average Bonchev–Trinajstić information content (AvgIpc) is 1.86. The Morgan fingerprint density at radius 1 is 1.45 bits per heavy atom. The lowest BCUT2D eigenvalue weighted by atomic mass is 9.91. The summed E-state index contributed by atoms with van der Waals surface area (Å²) < 4.78 is 36.0. The van der Waals surface area contributed by atoms with Gasteiger partial charge in [0.25, 0.3) is 0 Å². The molecule has 0 saturated heterocycles. The van der Waals surface area contributed by atoms with Gasteiger partial charge in [-0.3, -0.25) is 0 Å². The Morgan fingerprint density at radius 2 is 2.09 bits per heavy atom. The van der Waals surface area contributed by atoms with Gasteiger partial charge in [-0.2, -0.15) is 13.2 Å². The topological polar surface area (TPSA) is 0 Å². The molecule has 0 N–H and O–H groups in total. The van der Waals surface area contributed by atoms with Crippen LogP contribution in [0.3, 0.4) is 0 Å². The molecule has 0 saturated carbocycles. The van der Waals surface area contributed by atoms with Crippen LogP contribution in [0, 0.1) is 5.92 Å². The molecule has 11 heavy (non-hydrogen) atoms. The quantitative estimate of drug-likeness (QED) is 0.482. The Bertz CT molecular complexity index is 167. The molecular formula is C8H11F3. The zero-order chi connectivity index (χ0) is 8.48. The molecule has 0 amide bonds. The van der Waals surface area contributed by atoms with Crippen molar-refractivity contribution in [2.24, 2.45) is 5.92 Å². The summed E-state index contributed by atoms with van der Waals surface area (Å²) in [6, 6.07) is 0. The Morgan fingerprint density at radius 3 is 2.45 bits per heavy atom. The number of alkyl halides is 3. The van der Waals surface area contributed by atoms with Gasteiger partial charge in [-0.05, 0) is 25.2 Å². The van der Waals surface area contributed by atoms with Crippen molar-refractivity contribution in [2.75, 3.05) is 0 Å². The Hall–Kier alpha value is -0.470. The highest BCUT2D eigenvalue weighted by Gasteiger charge is 2.34. The van der Waals surface area contributed by atoms with E-state index in [0.29, 0.717) is 18.8 Å². The van der Waals surface area contributed by atoms with Gasteiger partial charge in [0.05, 0.1) is 0 Å². The van der Waals surface area contributed by atoms with Crippen LogP contribution in [-0.2, 0) is 0 Å². The van der Waals surface area contributed by atoms with E-state index >= 15 is 0 Å². The first-order chi connectivity index (χ1) is 5.00. The molecule has 0 heterocycles. The maximum Gasteiger partial charge on any atom is 0.412 e. The largest absolute Gasteiger partial charge is 0.412 e. The van der Waals surface area contributed by atoms with Crippen molar-refractivity contribution in [1.82, 2.24) is 0 Å². The molecular weight excluding hydrogens is 153 g/mol. The minimum absolute atomic E-state index is 0.199. The number of halogens is 3. The number of hydrogen-bond donors (Lipinski definition) is 0. The Labute approximate surface area is 64.1 Å². The van der Waals surface area contributed by atoms with Gasteiger partial charge in [0, 0.05) is 5.57 Å². The second-order valence-corrected chi connectivity index (χ2v) is 3.11. The van der Waals surface area contributed by atoms with Crippen LogP contribution in [0.15, 0.2) is 11.6 Å². The summed E-state index contributed by atoms with van der Waals surface area (Å²) in [5, 5.41) is 0. The van der Waals surface area contributed by atoms with Crippen LogP contribution in [0.4, 0.5) is 13.2 Å². The molecule has 1 aliphatic carbocycles. The predicted octanol–water partition coefficient (Wildman–Crippen LogP) is 3.30. The monoisotopic (exact) mass is 164 g/mol. The van der Waals surface area contributed by atoms with Crippen LogP contribution in [0.5, 0.6) is 0 Å². The lowest BCUT2D eigenvalue weighted by molar-refractivity contribution is -0.0955. The normalized spacial score (nSPS) is 26.5. The van der Waals surface area contributed by atoms with Crippen molar-refractivity contribution in [3.63, 3.8) is 0 Å². The molecule has 0 aromatic carbocycles. The lowest BCUT2D eigenvalue weighted by Gasteiger charge is -2.19. The lowest BCUT2D eigenvalue weighted by Crippen LogP contribution is -2.16. The van der Waals surface area contributed by atoms with Crippen molar-refractivity contribution in [2.45, 2.75) is 32.4 Å². The van der Waals surface area contributed by atoms with E-state index in [1.54, 1.807) is 0 Å². The van der Waals surface area contributed by atoms with E-state index in [-0.39, 0.29) is 12.0 Å². The minimum Gasteiger partial charge on any atom is -0.166 e. The van der Waals surface area contributed by atoms with Crippen LogP contribution >= 0.6 is 0 Å². The maximum absolute atomic E-state index is 12.0. The molecule has 0 unspecified atom stereocenters. The Balaban J connectivity index is 2.62. The fraction of sp³-hybridized carbons (Fsp3) is 0.750. The van der Waals surface area contributed by atoms with Crippen LogP contribution < -0.4 is 0 Å². The molecule has 0 radical (unpaired) electrons. The SMILES string of the molecule is C[C@H]1CC=C(C(F)(F)F)CC1. The van der Waals surface area contributed by atoms with Gasteiger partial charge in [0.1, 0.15) is 0 Å². The third kappa shape index (κ3) is 2.24. The van der Waals surface area contributed by atoms with Gasteiger partial charge in [0.15, 0.2) is 0 Å². The number of rotatable bonds is 0. The van der Waals surface area contributed by atoms with Crippen LogP contribution in [0.25, 0.3) is 0 Å². The molecule has 0 nitrogen and oxygen atoms in total. The number of hydrogen-bond acceptors (Lipinski definition) is 0. The van der Waals surface area contributed by atoms with Gasteiger partial charge in [0.2, 0.25) is 0 Å². The summed E-state index contributed by atoms with van der Waals surface area (Å²) in [7, 11) is 0. The smallest absolute Gasteiger partial charge is 0.166 e. The van der Waals surface area contributed by atoms with Crippen molar-refractivity contribution < 1.29 is 13.2 Å². The van der Waals surface area contributed by atoms with E-state index in [2.05, 4.69) is 0 Å². The number of allylic oxidation sites excluding steroid dienone is 2. The molecule has 1 atom stereocenters. The van der Waals surface area contributed by atoms with Gasteiger partial charge in [-0.1, -0.05) is 13.0 Å². The van der Waals surface area contributed by atoms with E-state index in [0.717, 1.165) is 0 Å². The predicted molar refractivity (Wildman–Crippen MR) is 37.2 cm³/mol. The molecule has 1 rings (SSSR count). The minimum atomic E-state index is -4.08. The van der Waals surface area contributed by atoms with E-state index < -0.39 is 6.18 Å². The maximum atomic E-state index is 12.0. The highest BCUT2D eigenvalue weighted by atomic mass is 19.4. The standard InChI is InChI=1S/C8H11F3/c1-6-2-4-7(5-3-6)8(9,10)11/h4,6H,2-3,5H2,1H3/t6-/m0/s1. The van der Waals surface area contributed by atoms with Crippen LogP contribution in [0.2, 0.25) is 0 Å². The summed E-state index contributed by atoms with van der Waals surface area (Å²) in [5.41, 5.74) is -0.337. The Kier molecular flexibility index (Phi) is 2.25. The first-order valence-electron chi connectivity index (χ1n) is 3.76. The summed E-state index contributed by atoms with van der Waals surface area (Å²) in [4.78, 5) is 0. The van der Waals surface area contributed by atoms with Crippen molar-refractivity contribution in [1.29, 1.82) is 0 Å². The van der Waals surface area contributed by atoms with Gasteiger partial charge < -0.3 is 0 Å².